The average molecular weight is 231 g/mol. The molecule has 0 saturated carbocycles. The molecule has 0 bridgehead atoms. The number of ether oxygens (including phenoxy) is 1. The van der Waals surface area contributed by atoms with Crippen LogP contribution in [0.25, 0.3) is 10.9 Å². The fourth-order valence-corrected chi connectivity index (χ4v) is 2.12. The Morgan fingerprint density at radius 1 is 1.24 bits per heavy atom. The number of fused-ring (bicyclic) bond motifs is 1. The standard InChI is InChI=1S/C15H21NO/c1-12(2)11-17-9-8-16-13(3)10-14-6-4-5-7-15(14)16/h4-7,10,12H,8-9,11H2,1-3H3. The minimum absolute atomic E-state index is 0.609. The van der Waals surface area contributed by atoms with E-state index in [0.717, 1.165) is 19.8 Å². The molecule has 2 aromatic rings. The Labute approximate surface area is 103 Å². The van der Waals surface area contributed by atoms with Crippen molar-refractivity contribution in [2.24, 2.45) is 5.92 Å². The number of aryl methyl sites for hydroxylation is 1. The summed E-state index contributed by atoms with van der Waals surface area (Å²) in [6.45, 7) is 9.08. The fraction of sp³-hybridized carbons (Fsp3) is 0.467. The second-order valence-electron chi connectivity index (χ2n) is 4.96. The van der Waals surface area contributed by atoms with Crippen molar-refractivity contribution < 1.29 is 4.74 Å². The smallest absolute Gasteiger partial charge is 0.0645 e. The van der Waals surface area contributed by atoms with E-state index in [1.807, 2.05) is 0 Å². The summed E-state index contributed by atoms with van der Waals surface area (Å²) in [5.74, 6) is 0.609. The van der Waals surface area contributed by atoms with E-state index < -0.39 is 0 Å². The molecule has 92 valence electrons. The predicted molar refractivity (Wildman–Crippen MR) is 72.3 cm³/mol. The van der Waals surface area contributed by atoms with Crippen LogP contribution in [0.3, 0.4) is 0 Å². The molecule has 2 heteroatoms. The lowest BCUT2D eigenvalue weighted by molar-refractivity contribution is 0.103. The topological polar surface area (TPSA) is 14.2 Å². The van der Waals surface area contributed by atoms with Crippen molar-refractivity contribution in [3.63, 3.8) is 0 Å². The molecule has 0 atom stereocenters. The van der Waals surface area contributed by atoms with Gasteiger partial charge in [0.05, 0.1) is 6.61 Å². The SMILES string of the molecule is Cc1cc2ccccc2n1CCOCC(C)C. The number of hydrogen-bond donors (Lipinski definition) is 0. The first kappa shape index (κ1) is 12.2. The summed E-state index contributed by atoms with van der Waals surface area (Å²) in [5.41, 5.74) is 2.61. The maximum atomic E-state index is 5.65. The highest BCUT2D eigenvalue weighted by molar-refractivity contribution is 5.81. The highest BCUT2D eigenvalue weighted by Crippen LogP contribution is 2.18. The van der Waals surface area contributed by atoms with E-state index >= 15 is 0 Å². The van der Waals surface area contributed by atoms with Gasteiger partial charge in [0, 0.05) is 24.4 Å². The quantitative estimate of drug-likeness (QED) is 0.717. The van der Waals surface area contributed by atoms with Crippen molar-refractivity contribution >= 4 is 10.9 Å². The number of hydrogen-bond acceptors (Lipinski definition) is 1. The molecule has 0 amide bonds. The van der Waals surface area contributed by atoms with Crippen LogP contribution in [0.2, 0.25) is 0 Å². The van der Waals surface area contributed by atoms with Crippen LogP contribution in [0.15, 0.2) is 30.3 Å². The molecule has 1 aromatic carbocycles. The third kappa shape index (κ3) is 2.89. The van der Waals surface area contributed by atoms with Gasteiger partial charge in [-0.3, -0.25) is 0 Å². The normalized spacial score (nSPS) is 11.5. The van der Waals surface area contributed by atoms with Crippen molar-refractivity contribution in [1.29, 1.82) is 0 Å². The molecule has 0 unspecified atom stereocenters. The van der Waals surface area contributed by atoms with Gasteiger partial charge in [-0.25, -0.2) is 0 Å². The summed E-state index contributed by atoms with van der Waals surface area (Å²) in [7, 11) is 0. The van der Waals surface area contributed by atoms with Gasteiger partial charge in [-0.1, -0.05) is 32.0 Å². The molecule has 0 spiro atoms. The van der Waals surface area contributed by atoms with Crippen molar-refractivity contribution in [3.05, 3.63) is 36.0 Å². The Morgan fingerprint density at radius 3 is 2.76 bits per heavy atom. The van der Waals surface area contributed by atoms with E-state index in [-0.39, 0.29) is 0 Å². The van der Waals surface area contributed by atoms with Gasteiger partial charge >= 0.3 is 0 Å². The second-order valence-corrected chi connectivity index (χ2v) is 4.96. The lowest BCUT2D eigenvalue weighted by Crippen LogP contribution is -2.10. The highest BCUT2D eigenvalue weighted by Gasteiger charge is 2.04. The second kappa shape index (κ2) is 5.37. The van der Waals surface area contributed by atoms with Crippen molar-refractivity contribution in [3.8, 4) is 0 Å². The van der Waals surface area contributed by atoms with E-state index in [4.69, 9.17) is 4.74 Å². The molecule has 0 aliphatic heterocycles. The van der Waals surface area contributed by atoms with Crippen LogP contribution in [0.1, 0.15) is 19.5 Å². The monoisotopic (exact) mass is 231 g/mol. The summed E-state index contributed by atoms with van der Waals surface area (Å²) in [4.78, 5) is 0. The largest absolute Gasteiger partial charge is 0.379 e. The zero-order valence-corrected chi connectivity index (χ0v) is 10.9. The van der Waals surface area contributed by atoms with Crippen LogP contribution in [0, 0.1) is 12.8 Å². The molecule has 17 heavy (non-hydrogen) atoms. The number of aromatic nitrogens is 1. The Bertz CT molecular complexity index is 485. The van der Waals surface area contributed by atoms with E-state index in [2.05, 4.69) is 55.7 Å². The molecule has 0 saturated heterocycles. The van der Waals surface area contributed by atoms with Crippen LogP contribution in [-0.4, -0.2) is 17.8 Å². The minimum Gasteiger partial charge on any atom is -0.379 e. The van der Waals surface area contributed by atoms with Gasteiger partial charge in [0.1, 0.15) is 0 Å². The molecule has 2 nitrogen and oxygen atoms in total. The van der Waals surface area contributed by atoms with Crippen molar-refractivity contribution in [2.45, 2.75) is 27.3 Å². The molecule has 0 radical (unpaired) electrons. The lowest BCUT2D eigenvalue weighted by atomic mass is 10.2. The number of para-hydroxylation sites is 1. The Hall–Kier alpha value is -1.28. The van der Waals surface area contributed by atoms with Crippen LogP contribution in [0.4, 0.5) is 0 Å². The number of nitrogens with zero attached hydrogens (tertiary/aromatic N) is 1. The molecular weight excluding hydrogens is 210 g/mol. The zero-order valence-electron chi connectivity index (χ0n) is 10.9. The molecule has 2 rings (SSSR count). The fourth-order valence-electron chi connectivity index (χ4n) is 2.12. The molecule has 0 aliphatic carbocycles. The molecule has 0 fully saturated rings. The van der Waals surface area contributed by atoms with E-state index in [1.54, 1.807) is 0 Å². The first-order valence-electron chi connectivity index (χ1n) is 6.31. The first-order chi connectivity index (χ1) is 8.18. The number of benzene rings is 1. The highest BCUT2D eigenvalue weighted by atomic mass is 16.5. The molecule has 0 aliphatic rings. The van der Waals surface area contributed by atoms with Crippen LogP contribution < -0.4 is 0 Å². The average Bonchev–Trinajstić information content (AvgIpc) is 2.60. The molecule has 1 heterocycles. The summed E-state index contributed by atoms with van der Waals surface area (Å²) in [6.07, 6.45) is 0. The summed E-state index contributed by atoms with van der Waals surface area (Å²) >= 11 is 0. The summed E-state index contributed by atoms with van der Waals surface area (Å²) < 4.78 is 7.98. The maximum absolute atomic E-state index is 5.65. The maximum Gasteiger partial charge on any atom is 0.0645 e. The molecular formula is C15H21NO. The third-order valence-electron chi connectivity index (χ3n) is 2.93. The van der Waals surface area contributed by atoms with Gasteiger partial charge in [-0.15, -0.1) is 0 Å². The van der Waals surface area contributed by atoms with Crippen LogP contribution in [-0.2, 0) is 11.3 Å². The van der Waals surface area contributed by atoms with E-state index in [1.165, 1.54) is 16.6 Å². The van der Waals surface area contributed by atoms with Gasteiger partial charge in [0.25, 0.3) is 0 Å². The van der Waals surface area contributed by atoms with Crippen LogP contribution >= 0.6 is 0 Å². The van der Waals surface area contributed by atoms with Gasteiger partial charge in [0.2, 0.25) is 0 Å². The molecule has 0 N–H and O–H groups in total. The van der Waals surface area contributed by atoms with Crippen molar-refractivity contribution in [2.75, 3.05) is 13.2 Å². The Morgan fingerprint density at radius 2 is 2.00 bits per heavy atom. The van der Waals surface area contributed by atoms with Gasteiger partial charge in [-0.05, 0) is 30.4 Å². The predicted octanol–water partition coefficient (Wildman–Crippen LogP) is 3.62. The molecule has 1 aromatic heterocycles. The minimum atomic E-state index is 0.609. The Kier molecular flexibility index (Phi) is 3.85. The first-order valence-corrected chi connectivity index (χ1v) is 6.31. The van der Waals surface area contributed by atoms with Crippen molar-refractivity contribution in [1.82, 2.24) is 4.57 Å². The van der Waals surface area contributed by atoms with E-state index in [9.17, 15) is 0 Å². The van der Waals surface area contributed by atoms with Gasteiger partial charge in [-0.2, -0.15) is 0 Å². The van der Waals surface area contributed by atoms with Gasteiger partial charge in [0.15, 0.2) is 0 Å². The zero-order chi connectivity index (χ0) is 12.3. The number of rotatable bonds is 5. The summed E-state index contributed by atoms with van der Waals surface area (Å²) in [6, 6.07) is 10.7. The lowest BCUT2D eigenvalue weighted by Gasteiger charge is -2.10. The van der Waals surface area contributed by atoms with E-state index in [0.29, 0.717) is 5.92 Å². The van der Waals surface area contributed by atoms with Crippen LogP contribution in [0.5, 0.6) is 0 Å². The Balaban J connectivity index is 2.05. The summed E-state index contributed by atoms with van der Waals surface area (Å²) in [5, 5.41) is 1.31. The van der Waals surface area contributed by atoms with Gasteiger partial charge < -0.3 is 9.30 Å². The third-order valence-corrected chi connectivity index (χ3v) is 2.93.